The van der Waals surface area contributed by atoms with Gasteiger partial charge in [-0.15, -0.1) is 5.10 Å². The van der Waals surface area contributed by atoms with Crippen LogP contribution in [0.2, 0.25) is 0 Å². The Balaban J connectivity index is 0.000000140. The quantitative estimate of drug-likeness (QED) is 0.603. The molecule has 76 valence electrons. The summed E-state index contributed by atoms with van der Waals surface area (Å²) in [5.74, 6) is 0. The molecule has 0 aliphatic carbocycles. The molecule has 2 rings (SSSR count). The zero-order valence-corrected chi connectivity index (χ0v) is 8.84. The molecule has 2 aromatic rings. The third kappa shape index (κ3) is 2.96. The van der Waals surface area contributed by atoms with E-state index < -0.39 is 0 Å². The molecule has 0 unspecified atom stereocenters. The van der Waals surface area contributed by atoms with Gasteiger partial charge in [0.25, 0.3) is 0 Å². The SMILES string of the molecule is Cc1cnn(C)n1.Cc1cnnn1C. The van der Waals surface area contributed by atoms with Crippen LogP contribution in [0.4, 0.5) is 0 Å². The highest BCUT2D eigenvalue weighted by atomic mass is 15.4. The van der Waals surface area contributed by atoms with Crippen molar-refractivity contribution in [2.75, 3.05) is 0 Å². The molecular weight excluding hydrogens is 180 g/mol. The number of aromatic nitrogens is 6. The summed E-state index contributed by atoms with van der Waals surface area (Å²) >= 11 is 0. The van der Waals surface area contributed by atoms with E-state index in [-0.39, 0.29) is 0 Å². The summed E-state index contributed by atoms with van der Waals surface area (Å²) in [6, 6.07) is 0. The fourth-order valence-corrected chi connectivity index (χ4v) is 0.788. The molecule has 2 aromatic heterocycles. The molecule has 6 heteroatoms. The molecule has 0 N–H and O–H groups in total. The summed E-state index contributed by atoms with van der Waals surface area (Å²) < 4.78 is 1.72. The minimum absolute atomic E-state index is 0.961. The van der Waals surface area contributed by atoms with E-state index in [1.165, 1.54) is 4.80 Å². The molecule has 0 aliphatic heterocycles. The van der Waals surface area contributed by atoms with Crippen molar-refractivity contribution < 1.29 is 0 Å². The molecule has 0 amide bonds. The second-order valence-electron chi connectivity index (χ2n) is 2.97. The Hall–Kier alpha value is -1.72. The normalized spacial score (nSPS) is 9.43. The van der Waals surface area contributed by atoms with E-state index in [9.17, 15) is 0 Å². The summed E-state index contributed by atoms with van der Waals surface area (Å²) in [7, 11) is 3.66. The first-order chi connectivity index (χ1) is 6.59. The zero-order valence-electron chi connectivity index (χ0n) is 8.84. The summed E-state index contributed by atoms with van der Waals surface area (Å²) in [6.07, 6.45) is 3.44. The lowest BCUT2D eigenvalue weighted by atomic mass is 10.6. The molecule has 2 heterocycles. The highest BCUT2D eigenvalue weighted by molar-refractivity contribution is 4.86. The van der Waals surface area contributed by atoms with Crippen LogP contribution in [-0.4, -0.2) is 30.0 Å². The first kappa shape index (κ1) is 10.4. The summed E-state index contributed by atoms with van der Waals surface area (Å²) in [4.78, 5) is 1.54. The minimum Gasteiger partial charge on any atom is -0.253 e. The van der Waals surface area contributed by atoms with Gasteiger partial charge in [-0.1, -0.05) is 5.21 Å². The molecule has 0 saturated heterocycles. The van der Waals surface area contributed by atoms with Crippen molar-refractivity contribution in [2.24, 2.45) is 14.1 Å². The van der Waals surface area contributed by atoms with E-state index in [0.29, 0.717) is 0 Å². The van der Waals surface area contributed by atoms with Gasteiger partial charge in [-0.25, -0.2) is 0 Å². The van der Waals surface area contributed by atoms with Gasteiger partial charge in [0.2, 0.25) is 0 Å². The largest absolute Gasteiger partial charge is 0.253 e. The smallest absolute Gasteiger partial charge is 0.0796 e. The van der Waals surface area contributed by atoms with E-state index in [2.05, 4.69) is 20.5 Å². The Kier molecular flexibility index (Phi) is 3.33. The molecular formula is C8H14N6. The van der Waals surface area contributed by atoms with Crippen molar-refractivity contribution in [1.29, 1.82) is 0 Å². The first-order valence-corrected chi connectivity index (χ1v) is 4.24. The Bertz CT molecular complexity index is 355. The second kappa shape index (κ2) is 4.50. The van der Waals surface area contributed by atoms with Gasteiger partial charge in [0.1, 0.15) is 0 Å². The van der Waals surface area contributed by atoms with E-state index in [0.717, 1.165) is 11.4 Å². The standard InChI is InChI=1S/2C4H7N3/c1-4-3-5-6-7(4)2;1-4-3-5-7(2)6-4/h2*3H,1-2H3. The fourth-order valence-electron chi connectivity index (χ4n) is 0.788. The predicted molar refractivity (Wildman–Crippen MR) is 51.5 cm³/mol. The molecule has 0 atom stereocenters. The number of rotatable bonds is 0. The Labute approximate surface area is 82.5 Å². The number of aryl methyl sites for hydroxylation is 4. The Morgan fingerprint density at radius 2 is 1.86 bits per heavy atom. The van der Waals surface area contributed by atoms with E-state index in [1.807, 2.05) is 20.9 Å². The molecule has 6 nitrogen and oxygen atoms in total. The van der Waals surface area contributed by atoms with Gasteiger partial charge in [-0.3, -0.25) is 4.68 Å². The Morgan fingerprint density at radius 3 is 2.00 bits per heavy atom. The van der Waals surface area contributed by atoms with Gasteiger partial charge >= 0.3 is 0 Å². The van der Waals surface area contributed by atoms with Crippen LogP contribution in [0.3, 0.4) is 0 Å². The van der Waals surface area contributed by atoms with Crippen LogP contribution >= 0.6 is 0 Å². The third-order valence-electron chi connectivity index (χ3n) is 1.65. The van der Waals surface area contributed by atoms with Crippen molar-refractivity contribution in [1.82, 2.24) is 30.0 Å². The van der Waals surface area contributed by atoms with Crippen molar-refractivity contribution in [3.63, 3.8) is 0 Å². The molecule has 0 spiro atoms. The highest BCUT2D eigenvalue weighted by Crippen LogP contribution is 1.84. The number of hydrogen-bond acceptors (Lipinski definition) is 4. The van der Waals surface area contributed by atoms with E-state index in [1.54, 1.807) is 24.1 Å². The molecule has 0 aromatic carbocycles. The molecule has 0 saturated carbocycles. The lowest BCUT2D eigenvalue weighted by Gasteiger charge is -1.84. The van der Waals surface area contributed by atoms with Crippen LogP contribution in [0, 0.1) is 13.8 Å². The molecule has 0 radical (unpaired) electrons. The third-order valence-corrected chi connectivity index (χ3v) is 1.65. The van der Waals surface area contributed by atoms with Crippen LogP contribution in [0.15, 0.2) is 12.4 Å². The predicted octanol–water partition coefficient (Wildman–Crippen LogP) is 0.247. The van der Waals surface area contributed by atoms with Crippen LogP contribution in [0.25, 0.3) is 0 Å². The van der Waals surface area contributed by atoms with Gasteiger partial charge < -0.3 is 0 Å². The van der Waals surface area contributed by atoms with Crippen LogP contribution in [0.1, 0.15) is 11.4 Å². The van der Waals surface area contributed by atoms with Crippen LogP contribution in [0.5, 0.6) is 0 Å². The average molecular weight is 194 g/mol. The topological polar surface area (TPSA) is 61.4 Å². The maximum atomic E-state index is 3.92. The molecule has 0 fully saturated rings. The second-order valence-corrected chi connectivity index (χ2v) is 2.97. The van der Waals surface area contributed by atoms with Gasteiger partial charge in [0.05, 0.1) is 23.8 Å². The molecule has 0 bridgehead atoms. The number of nitrogens with zero attached hydrogens (tertiary/aromatic N) is 6. The maximum Gasteiger partial charge on any atom is 0.0796 e. The van der Waals surface area contributed by atoms with Gasteiger partial charge in [-0.2, -0.15) is 15.0 Å². The van der Waals surface area contributed by atoms with Crippen molar-refractivity contribution in [2.45, 2.75) is 13.8 Å². The summed E-state index contributed by atoms with van der Waals surface area (Å²) in [5.41, 5.74) is 2.04. The summed E-state index contributed by atoms with van der Waals surface area (Å²) in [5, 5.41) is 15.1. The fraction of sp³-hybridized carbons (Fsp3) is 0.500. The van der Waals surface area contributed by atoms with Crippen molar-refractivity contribution in [3.8, 4) is 0 Å². The lowest BCUT2D eigenvalue weighted by molar-refractivity contribution is 0.649. The van der Waals surface area contributed by atoms with Gasteiger partial charge in [0, 0.05) is 14.1 Å². The monoisotopic (exact) mass is 194 g/mol. The van der Waals surface area contributed by atoms with E-state index in [4.69, 9.17) is 0 Å². The maximum absolute atomic E-state index is 3.92. The van der Waals surface area contributed by atoms with Crippen LogP contribution in [-0.2, 0) is 14.1 Å². The zero-order chi connectivity index (χ0) is 10.6. The van der Waals surface area contributed by atoms with Crippen molar-refractivity contribution >= 4 is 0 Å². The molecule has 0 aliphatic rings. The lowest BCUT2D eigenvalue weighted by Crippen LogP contribution is -1.91. The highest BCUT2D eigenvalue weighted by Gasteiger charge is 1.85. The van der Waals surface area contributed by atoms with Gasteiger partial charge in [-0.05, 0) is 13.8 Å². The number of hydrogen-bond donors (Lipinski definition) is 0. The Morgan fingerprint density at radius 1 is 1.14 bits per heavy atom. The minimum atomic E-state index is 0.961. The first-order valence-electron chi connectivity index (χ1n) is 4.24. The van der Waals surface area contributed by atoms with Gasteiger partial charge in [0.15, 0.2) is 0 Å². The van der Waals surface area contributed by atoms with Crippen LogP contribution < -0.4 is 0 Å². The van der Waals surface area contributed by atoms with E-state index >= 15 is 0 Å². The molecule has 14 heavy (non-hydrogen) atoms. The average Bonchev–Trinajstić information content (AvgIpc) is 2.65. The summed E-state index contributed by atoms with van der Waals surface area (Å²) in [6.45, 7) is 3.87. The van der Waals surface area contributed by atoms with Crippen molar-refractivity contribution in [3.05, 3.63) is 23.8 Å².